The second-order valence-electron chi connectivity index (χ2n) is 5.27. The van der Waals surface area contributed by atoms with E-state index in [9.17, 15) is 0 Å². The van der Waals surface area contributed by atoms with Crippen molar-refractivity contribution in [2.75, 3.05) is 19.6 Å². The molecule has 106 valence electrons. The van der Waals surface area contributed by atoms with E-state index in [4.69, 9.17) is 0 Å². The van der Waals surface area contributed by atoms with Crippen molar-refractivity contribution in [3.8, 4) is 0 Å². The molecule has 0 unspecified atom stereocenters. The highest BCUT2D eigenvalue weighted by atomic mass is 15.1. The van der Waals surface area contributed by atoms with Gasteiger partial charge < -0.3 is 4.90 Å². The number of unbranched alkanes of at least 4 members (excludes halogenated alkanes) is 2. The molecule has 0 amide bonds. The maximum atomic E-state index is 4.23. The summed E-state index contributed by atoms with van der Waals surface area (Å²) in [6, 6.07) is 10.6. The third kappa shape index (κ3) is 6.58. The highest BCUT2D eigenvalue weighted by molar-refractivity contribution is 5.63. The normalized spacial score (nSPS) is 10.9. The van der Waals surface area contributed by atoms with E-state index in [1.165, 1.54) is 49.9 Å². The standard InChI is InChI=1S/C18H29N/c1-4-6-14-19(15-7-5-2)16-13-17(3)18-11-9-8-10-12-18/h8-12H,3-7,13-16H2,1-2H3. The van der Waals surface area contributed by atoms with E-state index in [1.54, 1.807) is 0 Å². The largest absolute Gasteiger partial charge is 0.303 e. The Bertz CT molecular complexity index is 334. The third-order valence-corrected chi connectivity index (χ3v) is 3.57. The Morgan fingerprint density at radius 3 is 2.05 bits per heavy atom. The van der Waals surface area contributed by atoms with Crippen LogP contribution in [0.1, 0.15) is 51.5 Å². The first-order valence-corrected chi connectivity index (χ1v) is 7.73. The van der Waals surface area contributed by atoms with Crippen molar-refractivity contribution in [2.45, 2.75) is 46.0 Å². The van der Waals surface area contributed by atoms with Crippen molar-refractivity contribution in [3.63, 3.8) is 0 Å². The molecule has 0 bridgehead atoms. The number of hydrogen-bond donors (Lipinski definition) is 0. The molecule has 0 aliphatic heterocycles. The Balaban J connectivity index is 2.39. The summed E-state index contributed by atoms with van der Waals surface area (Å²) in [4.78, 5) is 2.60. The van der Waals surface area contributed by atoms with Gasteiger partial charge in [0.2, 0.25) is 0 Å². The smallest absolute Gasteiger partial charge is 0.00218 e. The van der Waals surface area contributed by atoms with Gasteiger partial charge in [-0.1, -0.05) is 63.6 Å². The number of nitrogens with zero attached hydrogens (tertiary/aromatic N) is 1. The van der Waals surface area contributed by atoms with Gasteiger partial charge in [0.25, 0.3) is 0 Å². The minimum Gasteiger partial charge on any atom is -0.303 e. The molecule has 0 aliphatic carbocycles. The van der Waals surface area contributed by atoms with Crippen LogP contribution in [0.15, 0.2) is 36.9 Å². The Labute approximate surface area is 119 Å². The molecule has 1 aromatic carbocycles. The predicted molar refractivity (Wildman–Crippen MR) is 86.3 cm³/mol. The average Bonchev–Trinajstić information content (AvgIpc) is 2.47. The van der Waals surface area contributed by atoms with Crippen LogP contribution >= 0.6 is 0 Å². The summed E-state index contributed by atoms with van der Waals surface area (Å²) in [5.41, 5.74) is 2.55. The lowest BCUT2D eigenvalue weighted by Gasteiger charge is -2.22. The van der Waals surface area contributed by atoms with Gasteiger partial charge in [0.15, 0.2) is 0 Å². The molecule has 0 N–H and O–H groups in total. The van der Waals surface area contributed by atoms with Crippen LogP contribution in [0.2, 0.25) is 0 Å². The first-order valence-electron chi connectivity index (χ1n) is 7.73. The van der Waals surface area contributed by atoms with Crippen LogP contribution in [0, 0.1) is 0 Å². The van der Waals surface area contributed by atoms with E-state index in [0.717, 1.165) is 13.0 Å². The summed E-state index contributed by atoms with van der Waals surface area (Å²) >= 11 is 0. The second-order valence-corrected chi connectivity index (χ2v) is 5.27. The Hall–Kier alpha value is -1.08. The number of hydrogen-bond acceptors (Lipinski definition) is 1. The highest BCUT2D eigenvalue weighted by Crippen LogP contribution is 2.16. The minimum atomic E-state index is 1.08. The predicted octanol–water partition coefficient (Wildman–Crippen LogP) is 4.99. The van der Waals surface area contributed by atoms with E-state index < -0.39 is 0 Å². The summed E-state index contributed by atoms with van der Waals surface area (Å²) in [5, 5.41) is 0. The molecule has 1 nitrogen and oxygen atoms in total. The van der Waals surface area contributed by atoms with E-state index in [1.807, 2.05) is 0 Å². The van der Waals surface area contributed by atoms with Crippen LogP contribution in [-0.4, -0.2) is 24.5 Å². The third-order valence-electron chi connectivity index (χ3n) is 3.57. The van der Waals surface area contributed by atoms with Crippen molar-refractivity contribution >= 4 is 5.57 Å². The van der Waals surface area contributed by atoms with Crippen LogP contribution in [0.3, 0.4) is 0 Å². The zero-order valence-corrected chi connectivity index (χ0v) is 12.7. The van der Waals surface area contributed by atoms with E-state index in [2.05, 4.69) is 55.7 Å². The zero-order chi connectivity index (χ0) is 13.9. The van der Waals surface area contributed by atoms with E-state index in [-0.39, 0.29) is 0 Å². The fourth-order valence-electron chi connectivity index (χ4n) is 2.21. The lowest BCUT2D eigenvalue weighted by molar-refractivity contribution is 0.271. The van der Waals surface area contributed by atoms with Crippen LogP contribution in [0.5, 0.6) is 0 Å². The molecule has 0 aromatic heterocycles. The molecule has 0 fully saturated rings. The second kappa shape index (κ2) is 9.80. The molecule has 19 heavy (non-hydrogen) atoms. The number of rotatable bonds is 10. The summed E-state index contributed by atoms with van der Waals surface area (Å²) in [6.07, 6.45) is 6.25. The molecule has 0 radical (unpaired) electrons. The van der Waals surface area contributed by atoms with Gasteiger partial charge in [0.1, 0.15) is 0 Å². The summed E-state index contributed by atoms with van der Waals surface area (Å²) in [7, 11) is 0. The molecule has 0 heterocycles. The van der Waals surface area contributed by atoms with Gasteiger partial charge in [-0.25, -0.2) is 0 Å². The molecule has 0 saturated carbocycles. The lowest BCUT2D eigenvalue weighted by Crippen LogP contribution is -2.27. The molecular weight excluding hydrogens is 230 g/mol. The zero-order valence-electron chi connectivity index (χ0n) is 12.7. The van der Waals surface area contributed by atoms with Gasteiger partial charge in [-0.3, -0.25) is 0 Å². The van der Waals surface area contributed by atoms with Gasteiger partial charge in [-0.15, -0.1) is 0 Å². The highest BCUT2D eigenvalue weighted by Gasteiger charge is 2.05. The topological polar surface area (TPSA) is 3.24 Å². The SMILES string of the molecule is C=C(CCN(CCCC)CCCC)c1ccccc1. The number of benzene rings is 1. The van der Waals surface area contributed by atoms with Crippen molar-refractivity contribution in [2.24, 2.45) is 0 Å². The van der Waals surface area contributed by atoms with Gasteiger partial charge in [-0.05, 0) is 43.5 Å². The van der Waals surface area contributed by atoms with Crippen molar-refractivity contribution in [1.82, 2.24) is 4.90 Å². The maximum Gasteiger partial charge on any atom is 0.00218 e. The fourth-order valence-corrected chi connectivity index (χ4v) is 2.21. The summed E-state index contributed by atoms with van der Waals surface area (Å²) in [6.45, 7) is 12.4. The summed E-state index contributed by atoms with van der Waals surface area (Å²) in [5.74, 6) is 0. The Kier molecular flexibility index (Phi) is 8.24. The quantitative estimate of drug-likeness (QED) is 0.572. The lowest BCUT2D eigenvalue weighted by atomic mass is 10.0. The maximum absolute atomic E-state index is 4.23. The Morgan fingerprint density at radius 1 is 0.947 bits per heavy atom. The molecule has 0 aliphatic rings. The molecule has 1 heteroatoms. The van der Waals surface area contributed by atoms with Gasteiger partial charge >= 0.3 is 0 Å². The fraction of sp³-hybridized carbons (Fsp3) is 0.556. The molecule has 0 saturated heterocycles. The molecular formula is C18H29N. The first kappa shape index (κ1) is 16.0. The van der Waals surface area contributed by atoms with Crippen molar-refractivity contribution in [3.05, 3.63) is 42.5 Å². The monoisotopic (exact) mass is 259 g/mol. The van der Waals surface area contributed by atoms with Crippen LogP contribution in [-0.2, 0) is 0 Å². The van der Waals surface area contributed by atoms with Crippen LogP contribution < -0.4 is 0 Å². The van der Waals surface area contributed by atoms with E-state index in [0.29, 0.717) is 0 Å². The van der Waals surface area contributed by atoms with Crippen molar-refractivity contribution in [1.29, 1.82) is 0 Å². The van der Waals surface area contributed by atoms with Crippen LogP contribution in [0.25, 0.3) is 5.57 Å². The molecule has 1 aromatic rings. The summed E-state index contributed by atoms with van der Waals surface area (Å²) < 4.78 is 0. The van der Waals surface area contributed by atoms with Crippen molar-refractivity contribution < 1.29 is 0 Å². The minimum absolute atomic E-state index is 1.08. The van der Waals surface area contributed by atoms with Gasteiger partial charge in [0.05, 0.1) is 0 Å². The van der Waals surface area contributed by atoms with Crippen LogP contribution in [0.4, 0.5) is 0 Å². The van der Waals surface area contributed by atoms with E-state index >= 15 is 0 Å². The molecule has 0 spiro atoms. The molecule has 1 rings (SSSR count). The van der Waals surface area contributed by atoms with Gasteiger partial charge in [-0.2, -0.15) is 0 Å². The molecule has 0 atom stereocenters. The first-order chi connectivity index (χ1) is 9.27. The van der Waals surface area contributed by atoms with Gasteiger partial charge in [0, 0.05) is 6.54 Å². The average molecular weight is 259 g/mol. The Morgan fingerprint density at radius 2 is 1.53 bits per heavy atom.